The number of sulfonamides is 1. The SMILES string of the molecule is Cc1cc(S(=O)(=O)Nc2ccccc2I)cc(CO)c1F. The summed E-state index contributed by atoms with van der Waals surface area (Å²) in [5.74, 6) is -0.592. The highest BCUT2D eigenvalue weighted by Gasteiger charge is 2.19. The molecule has 4 nitrogen and oxygen atoms in total. The van der Waals surface area contributed by atoms with Crippen LogP contribution >= 0.6 is 22.6 Å². The van der Waals surface area contributed by atoms with Gasteiger partial charge >= 0.3 is 0 Å². The van der Waals surface area contributed by atoms with Crippen molar-refractivity contribution >= 4 is 38.3 Å². The Morgan fingerprint density at radius 3 is 2.57 bits per heavy atom. The van der Waals surface area contributed by atoms with Crippen LogP contribution in [0.25, 0.3) is 0 Å². The summed E-state index contributed by atoms with van der Waals surface area (Å²) < 4.78 is 41.6. The van der Waals surface area contributed by atoms with Crippen molar-refractivity contribution in [3.63, 3.8) is 0 Å². The maximum absolute atomic E-state index is 13.7. The summed E-state index contributed by atoms with van der Waals surface area (Å²) in [4.78, 5) is -0.0786. The molecule has 2 N–H and O–H groups in total. The van der Waals surface area contributed by atoms with Crippen LogP contribution in [0.2, 0.25) is 0 Å². The summed E-state index contributed by atoms with van der Waals surface area (Å²) in [6, 6.07) is 9.31. The van der Waals surface area contributed by atoms with Gasteiger partial charge in [-0.2, -0.15) is 0 Å². The topological polar surface area (TPSA) is 66.4 Å². The second-order valence-corrected chi connectivity index (χ2v) is 7.30. The molecule has 0 aliphatic rings. The first-order valence-electron chi connectivity index (χ1n) is 6.02. The largest absolute Gasteiger partial charge is 0.392 e. The quantitative estimate of drug-likeness (QED) is 0.747. The van der Waals surface area contributed by atoms with Crippen LogP contribution in [0, 0.1) is 16.3 Å². The van der Waals surface area contributed by atoms with E-state index in [1.54, 1.807) is 24.3 Å². The van der Waals surface area contributed by atoms with Crippen molar-refractivity contribution in [1.82, 2.24) is 0 Å². The monoisotopic (exact) mass is 421 g/mol. The second-order valence-electron chi connectivity index (χ2n) is 4.46. The van der Waals surface area contributed by atoms with E-state index in [-0.39, 0.29) is 16.0 Å². The lowest BCUT2D eigenvalue weighted by atomic mass is 10.1. The molecule has 0 atom stereocenters. The highest BCUT2D eigenvalue weighted by Crippen LogP contribution is 2.24. The number of aryl methyl sites for hydroxylation is 1. The first-order valence-corrected chi connectivity index (χ1v) is 8.58. The smallest absolute Gasteiger partial charge is 0.261 e. The van der Waals surface area contributed by atoms with Crippen LogP contribution in [0.5, 0.6) is 0 Å². The van der Waals surface area contributed by atoms with Gasteiger partial charge in [-0.05, 0) is 59.3 Å². The van der Waals surface area contributed by atoms with Crippen molar-refractivity contribution < 1.29 is 17.9 Å². The third-order valence-electron chi connectivity index (χ3n) is 2.90. The molecule has 2 aromatic carbocycles. The van der Waals surface area contributed by atoms with Crippen LogP contribution < -0.4 is 4.72 Å². The predicted octanol–water partition coefficient (Wildman–Crippen LogP) is 3.03. The highest BCUT2D eigenvalue weighted by molar-refractivity contribution is 14.1. The second kappa shape index (κ2) is 6.29. The fraction of sp³-hybridized carbons (Fsp3) is 0.143. The standard InChI is InChI=1S/C14H13FINO3S/c1-9-6-11(7-10(8-18)14(9)15)21(19,20)17-13-5-3-2-4-12(13)16/h2-7,17-18H,8H2,1H3. The van der Waals surface area contributed by atoms with Crippen LogP contribution in [-0.4, -0.2) is 13.5 Å². The minimum absolute atomic E-state index is 0.0434. The molecular formula is C14H13FINO3S. The summed E-state index contributed by atoms with van der Waals surface area (Å²) in [6.45, 7) is 0.901. The van der Waals surface area contributed by atoms with Gasteiger partial charge < -0.3 is 5.11 Å². The fourth-order valence-electron chi connectivity index (χ4n) is 1.82. The molecule has 0 aliphatic heterocycles. The zero-order valence-electron chi connectivity index (χ0n) is 11.1. The van der Waals surface area contributed by atoms with Crippen LogP contribution in [0.1, 0.15) is 11.1 Å². The van der Waals surface area contributed by atoms with Gasteiger partial charge in [-0.3, -0.25) is 4.72 Å². The highest BCUT2D eigenvalue weighted by atomic mass is 127. The zero-order chi connectivity index (χ0) is 15.6. The number of aliphatic hydroxyl groups is 1. The molecule has 0 unspecified atom stereocenters. The van der Waals surface area contributed by atoms with Crippen molar-refractivity contribution in [3.8, 4) is 0 Å². The molecule has 0 amide bonds. The Kier molecular flexibility index (Phi) is 4.84. The molecule has 0 heterocycles. The van der Waals surface area contributed by atoms with E-state index in [2.05, 4.69) is 4.72 Å². The Hall–Kier alpha value is -1.19. The first kappa shape index (κ1) is 16.2. The van der Waals surface area contributed by atoms with E-state index in [4.69, 9.17) is 5.11 Å². The third-order valence-corrected chi connectivity index (χ3v) is 5.19. The van der Waals surface area contributed by atoms with Crippen molar-refractivity contribution in [2.75, 3.05) is 4.72 Å². The number of hydrogen-bond donors (Lipinski definition) is 2. The molecule has 0 bridgehead atoms. The predicted molar refractivity (Wildman–Crippen MR) is 87.0 cm³/mol. The summed E-state index contributed by atoms with van der Waals surface area (Å²) in [7, 11) is -3.84. The van der Waals surface area contributed by atoms with Crippen molar-refractivity contribution in [1.29, 1.82) is 0 Å². The van der Waals surface area contributed by atoms with E-state index in [1.807, 2.05) is 22.6 Å². The number of aliphatic hydroxyl groups excluding tert-OH is 1. The van der Waals surface area contributed by atoms with Gasteiger partial charge in [-0.25, -0.2) is 12.8 Å². The molecule has 2 rings (SSSR count). The Bertz CT molecular complexity index is 778. The lowest BCUT2D eigenvalue weighted by molar-refractivity contribution is 0.275. The summed E-state index contributed by atoms with van der Waals surface area (Å²) in [5.41, 5.74) is 0.577. The van der Waals surface area contributed by atoms with Gasteiger partial charge in [0.2, 0.25) is 0 Å². The van der Waals surface area contributed by atoms with E-state index in [0.717, 1.165) is 9.64 Å². The molecule has 7 heteroatoms. The van der Waals surface area contributed by atoms with Crippen LogP contribution in [-0.2, 0) is 16.6 Å². The number of rotatable bonds is 4. The van der Waals surface area contributed by atoms with Crippen LogP contribution in [0.4, 0.5) is 10.1 Å². The van der Waals surface area contributed by atoms with E-state index >= 15 is 0 Å². The molecule has 0 aliphatic carbocycles. The normalized spacial score (nSPS) is 11.4. The average Bonchev–Trinajstić information content (AvgIpc) is 2.44. The Morgan fingerprint density at radius 1 is 1.29 bits per heavy atom. The van der Waals surface area contributed by atoms with Gasteiger partial charge in [0.1, 0.15) is 5.82 Å². The Labute approximate surface area is 136 Å². The van der Waals surface area contributed by atoms with Gasteiger partial charge in [0.15, 0.2) is 0 Å². The molecule has 0 saturated heterocycles. The molecule has 0 aromatic heterocycles. The van der Waals surface area contributed by atoms with Gasteiger partial charge in [-0.15, -0.1) is 0 Å². The van der Waals surface area contributed by atoms with Gasteiger partial charge in [0.05, 0.1) is 17.2 Å². The number of halogens is 2. The van der Waals surface area contributed by atoms with Crippen molar-refractivity contribution in [2.45, 2.75) is 18.4 Å². The summed E-state index contributed by atoms with van der Waals surface area (Å²) in [5, 5.41) is 9.11. The van der Waals surface area contributed by atoms with Crippen molar-refractivity contribution in [2.24, 2.45) is 0 Å². The number of anilines is 1. The third kappa shape index (κ3) is 3.53. The molecule has 112 valence electrons. The average molecular weight is 421 g/mol. The minimum Gasteiger partial charge on any atom is -0.392 e. The number of nitrogens with one attached hydrogen (secondary N) is 1. The van der Waals surface area contributed by atoms with Crippen LogP contribution in [0.3, 0.4) is 0 Å². The van der Waals surface area contributed by atoms with E-state index in [0.29, 0.717) is 5.69 Å². The molecule has 0 fully saturated rings. The molecule has 0 radical (unpaired) electrons. The Morgan fingerprint density at radius 2 is 1.95 bits per heavy atom. The summed E-state index contributed by atoms with van der Waals surface area (Å²) >= 11 is 2.02. The Balaban J connectivity index is 2.45. The minimum atomic E-state index is -3.84. The lowest BCUT2D eigenvalue weighted by Crippen LogP contribution is -2.15. The molecule has 0 saturated carbocycles. The number of para-hydroxylation sites is 1. The van der Waals surface area contributed by atoms with Gasteiger partial charge in [0, 0.05) is 9.13 Å². The van der Waals surface area contributed by atoms with Crippen LogP contribution in [0.15, 0.2) is 41.3 Å². The fourth-order valence-corrected chi connectivity index (χ4v) is 3.74. The number of benzene rings is 2. The number of hydrogen-bond acceptors (Lipinski definition) is 3. The van der Waals surface area contributed by atoms with Gasteiger partial charge in [0.25, 0.3) is 10.0 Å². The molecular weight excluding hydrogens is 408 g/mol. The molecule has 0 spiro atoms. The zero-order valence-corrected chi connectivity index (χ0v) is 14.1. The van der Waals surface area contributed by atoms with E-state index < -0.39 is 22.4 Å². The maximum atomic E-state index is 13.7. The van der Waals surface area contributed by atoms with Crippen molar-refractivity contribution in [3.05, 3.63) is 56.9 Å². The molecule has 21 heavy (non-hydrogen) atoms. The first-order chi connectivity index (χ1) is 9.85. The van der Waals surface area contributed by atoms with E-state index in [1.165, 1.54) is 13.0 Å². The summed E-state index contributed by atoms with van der Waals surface area (Å²) in [6.07, 6.45) is 0. The lowest BCUT2D eigenvalue weighted by Gasteiger charge is -2.12. The molecule has 2 aromatic rings. The van der Waals surface area contributed by atoms with E-state index in [9.17, 15) is 12.8 Å². The van der Waals surface area contributed by atoms with Gasteiger partial charge in [-0.1, -0.05) is 12.1 Å². The maximum Gasteiger partial charge on any atom is 0.261 e.